The van der Waals surface area contributed by atoms with Crippen molar-refractivity contribution in [1.29, 1.82) is 0 Å². The Labute approximate surface area is 177 Å². The van der Waals surface area contributed by atoms with Crippen molar-refractivity contribution < 1.29 is 9.18 Å². The summed E-state index contributed by atoms with van der Waals surface area (Å²) in [5, 5.41) is 2.72. The third-order valence-electron chi connectivity index (χ3n) is 6.28. The van der Waals surface area contributed by atoms with E-state index in [2.05, 4.69) is 53.0 Å². The van der Waals surface area contributed by atoms with Crippen molar-refractivity contribution in [2.24, 2.45) is 4.99 Å². The Hall–Kier alpha value is -2.73. The van der Waals surface area contributed by atoms with Crippen molar-refractivity contribution in [2.75, 3.05) is 36.4 Å². The molecule has 158 valence electrons. The molecule has 2 atom stereocenters. The number of likely N-dealkylation sites (N-methyl/N-ethyl adjacent to an activating group) is 1. The molecule has 30 heavy (non-hydrogen) atoms. The average Bonchev–Trinajstić information content (AvgIpc) is 3.31. The van der Waals surface area contributed by atoms with Gasteiger partial charge < -0.3 is 10.2 Å². The first-order valence-electron chi connectivity index (χ1n) is 10.7. The summed E-state index contributed by atoms with van der Waals surface area (Å²) in [6.07, 6.45) is 2.84. The van der Waals surface area contributed by atoms with E-state index in [1.165, 1.54) is 29.8 Å². The molecule has 0 aliphatic carbocycles. The number of rotatable bonds is 6. The van der Waals surface area contributed by atoms with Gasteiger partial charge >= 0.3 is 0 Å². The summed E-state index contributed by atoms with van der Waals surface area (Å²) in [7, 11) is 0. The monoisotopic (exact) mass is 408 g/mol. The van der Waals surface area contributed by atoms with Gasteiger partial charge in [-0.2, -0.15) is 0 Å². The number of halogens is 1. The van der Waals surface area contributed by atoms with Crippen LogP contribution in [0.4, 0.5) is 21.5 Å². The fourth-order valence-corrected chi connectivity index (χ4v) is 4.64. The largest absolute Gasteiger partial charge is 0.370 e. The van der Waals surface area contributed by atoms with Gasteiger partial charge in [0, 0.05) is 36.7 Å². The van der Waals surface area contributed by atoms with E-state index in [-0.39, 0.29) is 11.7 Å². The minimum atomic E-state index is -0.492. The number of aryl methyl sites for hydroxylation is 1. The summed E-state index contributed by atoms with van der Waals surface area (Å²) in [6.45, 7) is 10.9. The third kappa shape index (κ3) is 3.97. The first-order valence-corrected chi connectivity index (χ1v) is 10.7. The smallest absolute Gasteiger partial charge is 0.237 e. The Balaban J connectivity index is 1.48. The maximum atomic E-state index is 13.4. The molecule has 0 spiro atoms. The highest BCUT2D eigenvalue weighted by atomic mass is 19.1. The van der Waals surface area contributed by atoms with Crippen LogP contribution in [0.3, 0.4) is 0 Å². The lowest BCUT2D eigenvalue weighted by molar-refractivity contribution is -0.115. The number of carbonyl (C=O) groups is 1. The highest BCUT2D eigenvalue weighted by molar-refractivity contribution is 6.12. The molecule has 2 aromatic carbocycles. The fourth-order valence-electron chi connectivity index (χ4n) is 4.64. The number of carbonyl (C=O) groups excluding carboxylic acids is 1. The maximum Gasteiger partial charge on any atom is 0.237 e. The number of anilines is 2. The maximum absolute atomic E-state index is 13.4. The topological polar surface area (TPSA) is 47.9 Å². The number of benzene rings is 2. The van der Waals surface area contributed by atoms with Gasteiger partial charge in [-0.1, -0.05) is 19.9 Å². The number of nitrogens with zero attached hydrogens (tertiary/aromatic N) is 3. The van der Waals surface area contributed by atoms with Crippen LogP contribution in [-0.4, -0.2) is 49.2 Å². The molecule has 2 aromatic rings. The molecular formula is C24H29FN4O. The zero-order chi connectivity index (χ0) is 21.3. The third-order valence-corrected chi connectivity index (χ3v) is 6.28. The van der Waals surface area contributed by atoms with E-state index in [4.69, 9.17) is 0 Å². The first-order chi connectivity index (χ1) is 14.5. The minimum Gasteiger partial charge on any atom is -0.370 e. The Kier molecular flexibility index (Phi) is 5.86. The van der Waals surface area contributed by atoms with Crippen LogP contribution in [0.15, 0.2) is 41.4 Å². The molecule has 2 unspecified atom stereocenters. The highest BCUT2D eigenvalue weighted by Crippen LogP contribution is 2.33. The molecule has 0 bridgehead atoms. The second-order valence-electron chi connectivity index (χ2n) is 8.06. The van der Waals surface area contributed by atoms with E-state index >= 15 is 0 Å². The van der Waals surface area contributed by atoms with E-state index in [0.29, 0.717) is 11.7 Å². The summed E-state index contributed by atoms with van der Waals surface area (Å²) < 4.78 is 13.4. The van der Waals surface area contributed by atoms with Crippen molar-refractivity contribution in [3.8, 4) is 0 Å². The van der Waals surface area contributed by atoms with E-state index < -0.39 is 5.92 Å². The van der Waals surface area contributed by atoms with E-state index in [9.17, 15) is 9.18 Å². The number of hydrogen-bond acceptors (Lipinski definition) is 4. The van der Waals surface area contributed by atoms with Crippen LogP contribution < -0.4 is 10.2 Å². The van der Waals surface area contributed by atoms with Gasteiger partial charge in [-0.15, -0.1) is 0 Å². The van der Waals surface area contributed by atoms with E-state index in [1.807, 2.05) is 6.07 Å². The van der Waals surface area contributed by atoms with Crippen LogP contribution in [0.2, 0.25) is 0 Å². The molecule has 1 saturated heterocycles. The molecule has 5 nitrogen and oxygen atoms in total. The predicted molar refractivity (Wildman–Crippen MR) is 121 cm³/mol. The predicted octanol–water partition coefficient (Wildman–Crippen LogP) is 4.49. The van der Waals surface area contributed by atoms with Crippen molar-refractivity contribution in [3.05, 3.63) is 53.3 Å². The Morgan fingerprint density at radius 1 is 1.23 bits per heavy atom. The average molecular weight is 409 g/mol. The SMILES string of the molecule is CCN(CC)C1CCN(c2ccc(N=CC3C(=O)Nc4cc(F)ccc43)cc2C)C1. The molecular weight excluding hydrogens is 379 g/mol. The number of aliphatic imine (C=N–C) groups is 1. The van der Waals surface area contributed by atoms with E-state index in [1.54, 1.807) is 12.3 Å². The fraction of sp³-hybridized carbons (Fsp3) is 0.417. The normalized spacial score (nSPS) is 21.0. The quantitative estimate of drug-likeness (QED) is 0.717. The van der Waals surface area contributed by atoms with Crippen molar-refractivity contribution in [1.82, 2.24) is 4.90 Å². The lowest BCUT2D eigenvalue weighted by Crippen LogP contribution is -2.37. The Morgan fingerprint density at radius 3 is 2.77 bits per heavy atom. The van der Waals surface area contributed by atoms with Crippen LogP contribution in [0.1, 0.15) is 37.3 Å². The van der Waals surface area contributed by atoms with Crippen molar-refractivity contribution >= 4 is 29.2 Å². The van der Waals surface area contributed by atoms with Crippen LogP contribution in [0.25, 0.3) is 0 Å². The van der Waals surface area contributed by atoms with Crippen molar-refractivity contribution in [3.63, 3.8) is 0 Å². The highest BCUT2D eigenvalue weighted by Gasteiger charge is 2.29. The van der Waals surface area contributed by atoms with Crippen LogP contribution in [0, 0.1) is 12.7 Å². The molecule has 4 rings (SSSR count). The molecule has 2 heterocycles. The second-order valence-corrected chi connectivity index (χ2v) is 8.06. The summed E-state index contributed by atoms with van der Waals surface area (Å²) in [5.74, 6) is -1.02. The number of nitrogens with one attached hydrogen (secondary N) is 1. The molecule has 0 aromatic heterocycles. The molecule has 1 amide bonds. The van der Waals surface area contributed by atoms with Gasteiger partial charge in [0.25, 0.3) is 0 Å². The van der Waals surface area contributed by atoms with Crippen LogP contribution in [0.5, 0.6) is 0 Å². The summed E-state index contributed by atoms with van der Waals surface area (Å²) >= 11 is 0. The molecule has 2 aliphatic heterocycles. The molecule has 1 fully saturated rings. The van der Waals surface area contributed by atoms with E-state index in [0.717, 1.165) is 37.4 Å². The lowest BCUT2D eigenvalue weighted by Gasteiger charge is -2.27. The van der Waals surface area contributed by atoms with Gasteiger partial charge in [0.15, 0.2) is 0 Å². The van der Waals surface area contributed by atoms with Crippen LogP contribution in [-0.2, 0) is 4.79 Å². The molecule has 0 radical (unpaired) electrons. The zero-order valence-corrected chi connectivity index (χ0v) is 17.9. The van der Waals surface area contributed by atoms with Crippen LogP contribution >= 0.6 is 0 Å². The summed E-state index contributed by atoms with van der Waals surface area (Å²) in [4.78, 5) is 21.8. The molecule has 1 N–H and O–H groups in total. The second kappa shape index (κ2) is 8.56. The Morgan fingerprint density at radius 2 is 2.03 bits per heavy atom. The van der Waals surface area contributed by atoms with Gasteiger partial charge in [-0.3, -0.25) is 14.7 Å². The van der Waals surface area contributed by atoms with Gasteiger partial charge in [-0.25, -0.2) is 4.39 Å². The van der Waals surface area contributed by atoms with Gasteiger partial charge in [0.2, 0.25) is 5.91 Å². The summed E-state index contributed by atoms with van der Waals surface area (Å²) in [5.41, 5.74) is 4.54. The number of fused-ring (bicyclic) bond motifs is 1. The van der Waals surface area contributed by atoms with Gasteiger partial charge in [0.1, 0.15) is 11.7 Å². The van der Waals surface area contributed by atoms with Crippen molar-refractivity contribution in [2.45, 2.75) is 39.2 Å². The number of amides is 1. The first kappa shape index (κ1) is 20.5. The Bertz CT molecular complexity index is 970. The summed E-state index contributed by atoms with van der Waals surface area (Å²) in [6, 6.07) is 11.2. The van der Waals surface area contributed by atoms with Gasteiger partial charge in [-0.05, 0) is 67.9 Å². The molecule has 2 aliphatic rings. The number of hydrogen-bond donors (Lipinski definition) is 1. The zero-order valence-electron chi connectivity index (χ0n) is 17.9. The lowest BCUT2D eigenvalue weighted by atomic mass is 10.0. The molecule has 6 heteroatoms. The minimum absolute atomic E-state index is 0.174. The van der Waals surface area contributed by atoms with Gasteiger partial charge in [0.05, 0.1) is 5.69 Å². The standard InChI is InChI=1S/C24H29FN4O/c1-4-28(5-2)19-10-11-29(15-19)23-9-7-18(12-16(23)3)26-14-21-20-8-6-17(25)13-22(20)27-24(21)30/h6-9,12-14,19,21H,4-5,10-11,15H2,1-3H3,(H,27,30). The molecule has 0 saturated carbocycles.